The van der Waals surface area contributed by atoms with Gasteiger partial charge in [0.25, 0.3) is 0 Å². The van der Waals surface area contributed by atoms with E-state index in [9.17, 15) is 0 Å². The number of aromatic nitrogens is 3. The van der Waals surface area contributed by atoms with Crippen LogP contribution in [0, 0.1) is 4.77 Å². The van der Waals surface area contributed by atoms with Crippen molar-refractivity contribution in [3.8, 4) is 0 Å². The Morgan fingerprint density at radius 2 is 2.53 bits per heavy atom. The van der Waals surface area contributed by atoms with Gasteiger partial charge >= 0.3 is 0 Å². The van der Waals surface area contributed by atoms with Gasteiger partial charge in [-0.3, -0.25) is 5.10 Å². The molecule has 0 amide bonds. The minimum atomic E-state index is 0.399. The molecule has 0 aromatic carbocycles. The van der Waals surface area contributed by atoms with Gasteiger partial charge < -0.3 is 14.0 Å². The third-order valence-corrected chi connectivity index (χ3v) is 3.38. The Labute approximate surface area is 106 Å². The first-order valence-electron chi connectivity index (χ1n) is 6.06. The Morgan fingerprint density at radius 3 is 3.24 bits per heavy atom. The van der Waals surface area contributed by atoms with Gasteiger partial charge in [0.05, 0.1) is 12.7 Å². The summed E-state index contributed by atoms with van der Waals surface area (Å²) in [5.41, 5.74) is 0. The molecule has 2 rings (SSSR count). The predicted molar refractivity (Wildman–Crippen MR) is 66.6 cm³/mol. The number of nitrogens with zero attached hydrogens (tertiary/aromatic N) is 2. The van der Waals surface area contributed by atoms with Crippen LogP contribution in [0.2, 0.25) is 0 Å². The van der Waals surface area contributed by atoms with Crippen LogP contribution in [0.25, 0.3) is 0 Å². The van der Waals surface area contributed by atoms with E-state index in [0.717, 1.165) is 31.8 Å². The van der Waals surface area contributed by atoms with E-state index < -0.39 is 0 Å². The fourth-order valence-electron chi connectivity index (χ4n) is 2.12. The number of hydrogen-bond acceptors (Lipinski definition) is 4. The van der Waals surface area contributed by atoms with Gasteiger partial charge in [0.1, 0.15) is 5.82 Å². The molecule has 5 nitrogen and oxygen atoms in total. The molecule has 1 saturated heterocycles. The standard InChI is InChI=1S/C11H19N3O2S/c1-15-8-6-14-10(12-13-11(14)17)5-4-9-3-2-7-16-9/h9H,2-8H2,1H3,(H,13,17). The first-order chi connectivity index (χ1) is 8.31. The SMILES string of the molecule is COCCn1c(CCC2CCCO2)n[nH]c1=S. The monoisotopic (exact) mass is 257 g/mol. The topological polar surface area (TPSA) is 52.1 Å². The lowest BCUT2D eigenvalue weighted by atomic mass is 10.1. The fourth-order valence-corrected chi connectivity index (χ4v) is 2.36. The normalized spacial score (nSPS) is 19.9. The number of nitrogens with one attached hydrogen (secondary N) is 1. The number of hydrogen-bond donors (Lipinski definition) is 1. The maximum absolute atomic E-state index is 5.60. The molecule has 0 spiro atoms. The van der Waals surface area contributed by atoms with Crippen molar-refractivity contribution in [1.82, 2.24) is 14.8 Å². The number of H-pyrrole nitrogens is 1. The average Bonchev–Trinajstić information content (AvgIpc) is 2.94. The third kappa shape index (κ3) is 3.37. The predicted octanol–water partition coefficient (Wildman–Crippen LogP) is 1.70. The van der Waals surface area contributed by atoms with Crippen LogP contribution in [0.5, 0.6) is 0 Å². The van der Waals surface area contributed by atoms with Gasteiger partial charge in [0.2, 0.25) is 0 Å². The number of ether oxygens (including phenoxy) is 2. The molecule has 1 aromatic rings. The third-order valence-electron chi connectivity index (χ3n) is 3.07. The van der Waals surface area contributed by atoms with Crippen LogP contribution in [0.3, 0.4) is 0 Å². The van der Waals surface area contributed by atoms with E-state index in [1.54, 1.807) is 7.11 Å². The zero-order valence-electron chi connectivity index (χ0n) is 10.1. The molecule has 1 unspecified atom stereocenters. The van der Waals surface area contributed by atoms with Gasteiger partial charge in [0.15, 0.2) is 4.77 Å². The molecule has 96 valence electrons. The Morgan fingerprint density at radius 1 is 1.65 bits per heavy atom. The van der Waals surface area contributed by atoms with Crippen molar-refractivity contribution in [2.75, 3.05) is 20.3 Å². The number of rotatable bonds is 6. The molecule has 0 bridgehead atoms. The van der Waals surface area contributed by atoms with Gasteiger partial charge in [-0.1, -0.05) is 0 Å². The quantitative estimate of drug-likeness (QED) is 0.788. The molecule has 6 heteroatoms. The van der Waals surface area contributed by atoms with Crippen LogP contribution in [0.4, 0.5) is 0 Å². The first kappa shape index (κ1) is 12.7. The molecule has 17 heavy (non-hydrogen) atoms. The summed E-state index contributed by atoms with van der Waals surface area (Å²) in [6.07, 6.45) is 4.68. The smallest absolute Gasteiger partial charge is 0.195 e. The second-order valence-electron chi connectivity index (χ2n) is 4.26. The molecule has 1 aliphatic heterocycles. The summed E-state index contributed by atoms with van der Waals surface area (Å²) in [6.45, 7) is 2.31. The molecule has 0 saturated carbocycles. The Balaban J connectivity index is 1.92. The molecule has 0 radical (unpaired) electrons. The minimum Gasteiger partial charge on any atom is -0.383 e. The van der Waals surface area contributed by atoms with Gasteiger partial charge in [-0.2, -0.15) is 5.10 Å². The molecular weight excluding hydrogens is 238 g/mol. The average molecular weight is 257 g/mol. The zero-order chi connectivity index (χ0) is 12.1. The van der Waals surface area contributed by atoms with Crippen molar-refractivity contribution in [1.29, 1.82) is 0 Å². The summed E-state index contributed by atoms with van der Waals surface area (Å²) in [6, 6.07) is 0. The highest BCUT2D eigenvalue weighted by molar-refractivity contribution is 7.71. The van der Waals surface area contributed by atoms with Crippen LogP contribution in [-0.2, 0) is 22.4 Å². The molecule has 1 aliphatic rings. The van der Waals surface area contributed by atoms with E-state index in [-0.39, 0.29) is 0 Å². The molecule has 1 N–H and O–H groups in total. The van der Waals surface area contributed by atoms with E-state index in [1.165, 1.54) is 12.8 Å². The largest absolute Gasteiger partial charge is 0.383 e. The molecular formula is C11H19N3O2S. The number of aryl methyl sites for hydroxylation is 1. The molecule has 1 aromatic heterocycles. The first-order valence-corrected chi connectivity index (χ1v) is 6.46. The summed E-state index contributed by atoms with van der Waals surface area (Å²) in [7, 11) is 1.69. The second-order valence-corrected chi connectivity index (χ2v) is 4.65. The van der Waals surface area contributed by atoms with Crippen LogP contribution in [0.15, 0.2) is 0 Å². The van der Waals surface area contributed by atoms with Crippen molar-refractivity contribution in [2.24, 2.45) is 0 Å². The Hall–Kier alpha value is -0.720. The minimum absolute atomic E-state index is 0.399. The van der Waals surface area contributed by atoms with Gasteiger partial charge in [0, 0.05) is 26.7 Å². The van der Waals surface area contributed by atoms with Gasteiger partial charge in [-0.05, 0) is 31.5 Å². The molecule has 1 atom stereocenters. The highest BCUT2D eigenvalue weighted by Crippen LogP contribution is 2.17. The van der Waals surface area contributed by atoms with Crippen LogP contribution < -0.4 is 0 Å². The van der Waals surface area contributed by atoms with E-state index in [4.69, 9.17) is 21.7 Å². The van der Waals surface area contributed by atoms with E-state index in [2.05, 4.69) is 10.2 Å². The number of aromatic amines is 1. The maximum atomic E-state index is 5.60. The van der Waals surface area contributed by atoms with Gasteiger partial charge in [-0.15, -0.1) is 0 Å². The lowest BCUT2D eigenvalue weighted by Gasteiger charge is -2.09. The van der Waals surface area contributed by atoms with E-state index in [1.807, 2.05) is 4.57 Å². The molecule has 2 heterocycles. The Bertz CT molecular complexity index is 396. The van der Waals surface area contributed by atoms with Crippen LogP contribution in [-0.4, -0.2) is 41.2 Å². The van der Waals surface area contributed by atoms with Crippen molar-refractivity contribution in [3.05, 3.63) is 10.6 Å². The van der Waals surface area contributed by atoms with Crippen molar-refractivity contribution in [2.45, 2.75) is 38.3 Å². The van der Waals surface area contributed by atoms with Crippen molar-refractivity contribution >= 4 is 12.2 Å². The summed E-state index contributed by atoms with van der Waals surface area (Å²) >= 11 is 5.19. The van der Waals surface area contributed by atoms with Crippen LogP contribution >= 0.6 is 12.2 Å². The highest BCUT2D eigenvalue weighted by Gasteiger charge is 2.16. The van der Waals surface area contributed by atoms with Crippen molar-refractivity contribution in [3.63, 3.8) is 0 Å². The van der Waals surface area contributed by atoms with E-state index in [0.29, 0.717) is 17.5 Å². The molecule has 0 aliphatic carbocycles. The van der Waals surface area contributed by atoms with Gasteiger partial charge in [-0.25, -0.2) is 0 Å². The second kappa shape index (κ2) is 6.28. The summed E-state index contributed by atoms with van der Waals surface area (Å²) in [5.74, 6) is 1.00. The zero-order valence-corrected chi connectivity index (χ0v) is 11.0. The highest BCUT2D eigenvalue weighted by atomic mass is 32.1. The summed E-state index contributed by atoms with van der Waals surface area (Å²) < 4.78 is 13.4. The van der Waals surface area contributed by atoms with Crippen molar-refractivity contribution < 1.29 is 9.47 Å². The molecule has 1 fully saturated rings. The fraction of sp³-hybridized carbons (Fsp3) is 0.818. The lowest BCUT2D eigenvalue weighted by molar-refractivity contribution is 0.104. The lowest BCUT2D eigenvalue weighted by Crippen LogP contribution is -2.12. The Kier molecular flexibility index (Phi) is 4.70. The maximum Gasteiger partial charge on any atom is 0.195 e. The number of methoxy groups -OCH3 is 1. The van der Waals surface area contributed by atoms with Crippen LogP contribution in [0.1, 0.15) is 25.1 Å². The summed E-state index contributed by atoms with van der Waals surface area (Å²) in [5, 5.41) is 7.11. The van der Waals surface area contributed by atoms with E-state index >= 15 is 0 Å². The summed E-state index contributed by atoms with van der Waals surface area (Å²) in [4.78, 5) is 0.